The number of rotatable bonds is 4. The van der Waals surface area contributed by atoms with Crippen molar-refractivity contribution < 1.29 is 5.11 Å². The Balaban J connectivity index is 1.94. The Morgan fingerprint density at radius 1 is 1.12 bits per heavy atom. The third kappa shape index (κ3) is 3.25. The first-order chi connectivity index (χ1) is 7.78. The van der Waals surface area contributed by atoms with Crippen molar-refractivity contribution in [2.75, 3.05) is 0 Å². The van der Waals surface area contributed by atoms with Crippen LogP contribution < -0.4 is 0 Å². The van der Waals surface area contributed by atoms with Crippen LogP contribution in [-0.2, 0) is 12.4 Å². The van der Waals surface area contributed by atoms with E-state index in [4.69, 9.17) is 16.7 Å². The van der Waals surface area contributed by atoms with Gasteiger partial charge in [-0.1, -0.05) is 23.7 Å². The smallest absolute Gasteiger partial charge is 0.0931 e. The zero-order valence-electron chi connectivity index (χ0n) is 8.52. The van der Waals surface area contributed by atoms with Crippen LogP contribution in [-0.4, -0.2) is 5.11 Å². The highest BCUT2D eigenvalue weighted by Gasteiger charge is 2.00. The van der Waals surface area contributed by atoms with Crippen LogP contribution in [0.5, 0.6) is 0 Å². The second-order valence-electron chi connectivity index (χ2n) is 3.30. The van der Waals surface area contributed by atoms with Gasteiger partial charge < -0.3 is 5.11 Å². The molecule has 1 heterocycles. The van der Waals surface area contributed by atoms with E-state index in [1.54, 1.807) is 23.1 Å². The monoisotopic (exact) mass is 270 g/mol. The molecular formula is C12H11ClOS2. The van der Waals surface area contributed by atoms with Crippen LogP contribution >= 0.6 is 34.7 Å². The molecule has 16 heavy (non-hydrogen) atoms. The van der Waals surface area contributed by atoms with Crippen LogP contribution in [0.1, 0.15) is 10.4 Å². The molecule has 0 unspecified atom stereocenters. The Bertz CT molecular complexity index is 450. The van der Waals surface area contributed by atoms with Gasteiger partial charge in [0.2, 0.25) is 0 Å². The topological polar surface area (TPSA) is 20.2 Å². The molecule has 1 N–H and O–H groups in total. The van der Waals surface area contributed by atoms with E-state index in [-0.39, 0.29) is 6.61 Å². The third-order valence-electron chi connectivity index (χ3n) is 2.12. The number of aliphatic hydroxyl groups excluding tert-OH is 1. The van der Waals surface area contributed by atoms with Gasteiger partial charge in [0, 0.05) is 15.5 Å². The fraction of sp³-hybridized carbons (Fsp3) is 0.167. The summed E-state index contributed by atoms with van der Waals surface area (Å²) >= 11 is 9.26. The van der Waals surface area contributed by atoms with Gasteiger partial charge in [-0.15, -0.1) is 23.1 Å². The highest BCUT2D eigenvalue weighted by atomic mass is 35.5. The van der Waals surface area contributed by atoms with Crippen LogP contribution in [0.2, 0.25) is 4.34 Å². The molecule has 0 amide bonds. The molecule has 0 atom stereocenters. The SMILES string of the molecule is OCc1ccc(SCc2ccc(Cl)s2)cc1. The molecule has 1 aromatic heterocycles. The summed E-state index contributed by atoms with van der Waals surface area (Å²) in [5.41, 5.74) is 0.948. The third-order valence-corrected chi connectivity index (χ3v) is 4.59. The lowest BCUT2D eigenvalue weighted by atomic mass is 10.2. The van der Waals surface area contributed by atoms with Crippen LogP contribution in [0, 0.1) is 0 Å². The molecule has 1 nitrogen and oxygen atoms in total. The zero-order chi connectivity index (χ0) is 11.4. The summed E-state index contributed by atoms with van der Waals surface area (Å²) in [4.78, 5) is 2.49. The maximum atomic E-state index is 8.92. The van der Waals surface area contributed by atoms with Crippen molar-refractivity contribution in [3.63, 3.8) is 0 Å². The van der Waals surface area contributed by atoms with E-state index >= 15 is 0 Å². The highest BCUT2D eigenvalue weighted by Crippen LogP contribution is 2.28. The van der Waals surface area contributed by atoms with E-state index < -0.39 is 0 Å². The van der Waals surface area contributed by atoms with Crippen molar-refractivity contribution in [2.24, 2.45) is 0 Å². The minimum atomic E-state index is 0.103. The largest absolute Gasteiger partial charge is 0.392 e. The van der Waals surface area contributed by atoms with E-state index in [0.29, 0.717) is 0 Å². The van der Waals surface area contributed by atoms with Crippen molar-refractivity contribution in [1.29, 1.82) is 0 Å². The molecule has 1 aromatic carbocycles. The Kier molecular flexibility index (Phi) is 4.29. The van der Waals surface area contributed by atoms with Gasteiger partial charge in [-0.3, -0.25) is 0 Å². The molecular weight excluding hydrogens is 260 g/mol. The molecule has 0 aliphatic carbocycles. The number of thiophene rings is 1. The molecule has 84 valence electrons. The van der Waals surface area contributed by atoms with Gasteiger partial charge in [-0.05, 0) is 29.8 Å². The van der Waals surface area contributed by atoms with Gasteiger partial charge in [0.25, 0.3) is 0 Å². The van der Waals surface area contributed by atoms with Gasteiger partial charge >= 0.3 is 0 Å². The standard InChI is InChI=1S/C12H11ClOS2/c13-12-6-5-11(16-12)8-15-10-3-1-9(7-14)2-4-10/h1-6,14H,7-8H2. The van der Waals surface area contributed by atoms with Crippen LogP contribution in [0.3, 0.4) is 0 Å². The van der Waals surface area contributed by atoms with Crippen LogP contribution in [0.4, 0.5) is 0 Å². The maximum absolute atomic E-state index is 8.92. The molecule has 0 fully saturated rings. The first-order valence-corrected chi connectivity index (χ1v) is 7.03. The minimum absolute atomic E-state index is 0.103. The molecule has 2 rings (SSSR count). The van der Waals surface area contributed by atoms with Gasteiger partial charge in [0.15, 0.2) is 0 Å². The van der Waals surface area contributed by atoms with Crippen LogP contribution in [0.15, 0.2) is 41.3 Å². The average molecular weight is 271 g/mol. The van der Waals surface area contributed by atoms with E-state index in [1.807, 2.05) is 30.3 Å². The van der Waals surface area contributed by atoms with E-state index in [9.17, 15) is 0 Å². The van der Waals surface area contributed by atoms with Crippen molar-refractivity contribution >= 4 is 34.7 Å². The summed E-state index contributed by atoms with van der Waals surface area (Å²) < 4.78 is 0.839. The molecule has 0 saturated carbocycles. The fourth-order valence-corrected chi connectivity index (χ4v) is 3.30. The predicted molar refractivity (Wildman–Crippen MR) is 71.3 cm³/mol. The van der Waals surface area contributed by atoms with Crippen molar-refractivity contribution in [3.8, 4) is 0 Å². The maximum Gasteiger partial charge on any atom is 0.0931 e. The molecule has 0 radical (unpaired) electrons. The molecule has 0 aliphatic rings. The predicted octanol–water partition coefficient (Wildman–Crippen LogP) is 4.19. The summed E-state index contributed by atoms with van der Waals surface area (Å²) in [5.74, 6) is 0.940. The highest BCUT2D eigenvalue weighted by molar-refractivity contribution is 7.98. The molecule has 0 aliphatic heterocycles. The molecule has 2 aromatic rings. The lowest BCUT2D eigenvalue weighted by molar-refractivity contribution is 0.282. The van der Waals surface area contributed by atoms with Crippen molar-refractivity contribution in [3.05, 3.63) is 51.2 Å². The van der Waals surface area contributed by atoms with Crippen molar-refractivity contribution in [2.45, 2.75) is 17.3 Å². The number of hydrogen-bond acceptors (Lipinski definition) is 3. The Morgan fingerprint density at radius 3 is 2.44 bits per heavy atom. The Morgan fingerprint density at radius 2 is 1.88 bits per heavy atom. The summed E-state index contributed by atoms with van der Waals surface area (Å²) in [6, 6.07) is 11.9. The fourth-order valence-electron chi connectivity index (χ4n) is 1.27. The number of halogens is 1. The normalized spacial score (nSPS) is 10.6. The van der Waals surface area contributed by atoms with Gasteiger partial charge in [-0.25, -0.2) is 0 Å². The number of aliphatic hydroxyl groups is 1. The molecule has 4 heteroatoms. The summed E-state index contributed by atoms with van der Waals surface area (Å²) in [6.45, 7) is 0.103. The van der Waals surface area contributed by atoms with Crippen LogP contribution in [0.25, 0.3) is 0 Å². The zero-order valence-corrected chi connectivity index (χ0v) is 10.9. The van der Waals surface area contributed by atoms with Gasteiger partial charge in [0.05, 0.1) is 10.9 Å². The quantitative estimate of drug-likeness (QED) is 0.841. The minimum Gasteiger partial charge on any atom is -0.392 e. The van der Waals surface area contributed by atoms with Crippen molar-refractivity contribution in [1.82, 2.24) is 0 Å². The summed E-state index contributed by atoms with van der Waals surface area (Å²) in [6.07, 6.45) is 0. The lowest BCUT2D eigenvalue weighted by Gasteiger charge is -2.01. The second kappa shape index (κ2) is 5.73. The first kappa shape index (κ1) is 12.0. The second-order valence-corrected chi connectivity index (χ2v) is 6.14. The summed E-state index contributed by atoms with van der Waals surface area (Å²) in [5, 5.41) is 8.92. The average Bonchev–Trinajstić information content (AvgIpc) is 2.73. The number of thioether (sulfide) groups is 1. The Hall–Kier alpha value is -0.480. The van der Waals surface area contributed by atoms with Gasteiger partial charge in [-0.2, -0.15) is 0 Å². The lowest BCUT2D eigenvalue weighted by Crippen LogP contribution is -1.81. The first-order valence-electron chi connectivity index (χ1n) is 4.85. The van der Waals surface area contributed by atoms with E-state index in [2.05, 4.69) is 6.07 Å². The van der Waals surface area contributed by atoms with E-state index in [0.717, 1.165) is 15.7 Å². The van der Waals surface area contributed by atoms with E-state index in [1.165, 1.54) is 9.77 Å². The molecule has 0 bridgehead atoms. The number of benzene rings is 1. The molecule has 0 saturated heterocycles. The Labute approximate surface area is 108 Å². The van der Waals surface area contributed by atoms with Gasteiger partial charge in [0.1, 0.15) is 0 Å². The number of hydrogen-bond donors (Lipinski definition) is 1. The molecule has 0 spiro atoms. The summed E-state index contributed by atoms with van der Waals surface area (Å²) in [7, 11) is 0.